The summed E-state index contributed by atoms with van der Waals surface area (Å²) in [4.78, 5) is 12.6. The number of hydrogen-bond donors (Lipinski definition) is 0. The molecule has 68 valence electrons. The summed E-state index contributed by atoms with van der Waals surface area (Å²) in [6.07, 6.45) is 6.40. The van der Waals surface area contributed by atoms with E-state index in [0.29, 0.717) is 6.42 Å². The van der Waals surface area contributed by atoms with E-state index in [1.807, 2.05) is 44.3 Å². The second kappa shape index (κ2) is 5.58. The van der Waals surface area contributed by atoms with Crippen LogP contribution in [-0.4, -0.2) is 24.8 Å². The van der Waals surface area contributed by atoms with Crippen molar-refractivity contribution in [2.75, 3.05) is 14.1 Å². The summed E-state index contributed by atoms with van der Waals surface area (Å²) in [6.45, 7) is 3.56. The highest BCUT2D eigenvalue weighted by molar-refractivity contribution is 5.78. The van der Waals surface area contributed by atoms with Gasteiger partial charge < -0.3 is 4.90 Å². The second-order valence-electron chi connectivity index (χ2n) is 3.20. The third-order valence-electron chi connectivity index (χ3n) is 1.29. The maximum absolute atomic E-state index is 10.7. The van der Waals surface area contributed by atoms with E-state index >= 15 is 0 Å². The van der Waals surface area contributed by atoms with E-state index in [1.54, 1.807) is 6.92 Å². The van der Waals surface area contributed by atoms with Crippen molar-refractivity contribution in [3.63, 3.8) is 0 Å². The van der Waals surface area contributed by atoms with Gasteiger partial charge in [0.2, 0.25) is 0 Å². The lowest BCUT2D eigenvalue weighted by atomic mass is 10.1. The van der Waals surface area contributed by atoms with Crippen molar-refractivity contribution < 1.29 is 4.79 Å². The molecule has 0 atom stereocenters. The molecule has 0 aliphatic rings. The maximum Gasteiger partial charge on any atom is 0.133 e. The van der Waals surface area contributed by atoms with Gasteiger partial charge in [-0.2, -0.15) is 0 Å². The second-order valence-corrected chi connectivity index (χ2v) is 3.20. The van der Waals surface area contributed by atoms with Crippen LogP contribution in [0.1, 0.15) is 20.3 Å². The number of allylic oxidation sites excluding steroid dienone is 3. The van der Waals surface area contributed by atoms with E-state index in [4.69, 9.17) is 0 Å². The molecule has 0 aromatic rings. The SMILES string of the molecule is CC(=O)CC(C)=CC=CN(C)C. The van der Waals surface area contributed by atoms with Gasteiger partial charge in [0.25, 0.3) is 0 Å². The van der Waals surface area contributed by atoms with Crippen LogP contribution in [0.2, 0.25) is 0 Å². The van der Waals surface area contributed by atoms with Crippen molar-refractivity contribution in [3.8, 4) is 0 Å². The van der Waals surface area contributed by atoms with Gasteiger partial charge in [-0.25, -0.2) is 0 Å². The van der Waals surface area contributed by atoms with Crippen LogP contribution in [0.4, 0.5) is 0 Å². The molecule has 0 N–H and O–H groups in total. The Labute approximate surface area is 74.6 Å². The predicted molar refractivity (Wildman–Crippen MR) is 51.9 cm³/mol. The van der Waals surface area contributed by atoms with E-state index in [-0.39, 0.29) is 5.78 Å². The zero-order valence-corrected chi connectivity index (χ0v) is 8.29. The van der Waals surface area contributed by atoms with Crippen molar-refractivity contribution in [2.24, 2.45) is 0 Å². The molecule has 0 aliphatic carbocycles. The van der Waals surface area contributed by atoms with Crippen molar-refractivity contribution in [3.05, 3.63) is 23.9 Å². The lowest BCUT2D eigenvalue weighted by molar-refractivity contribution is -0.116. The number of nitrogens with zero attached hydrogens (tertiary/aromatic N) is 1. The topological polar surface area (TPSA) is 20.3 Å². The summed E-state index contributed by atoms with van der Waals surface area (Å²) in [5, 5.41) is 0. The van der Waals surface area contributed by atoms with Gasteiger partial charge >= 0.3 is 0 Å². The number of Topliss-reactive ketones (excluding diaryl/α,β-unsaturated/α-hetero) is 1. The molecular weight excluding hydrogens is 150 g/mol. The minimum atomic E-state index is 0.210. The highest BCUT2D eigenvalue weighted by Crippen LogP contribution is 2.00. The molecule has 2 heteroatoms. The van der Waals surface area contributed by atoms with Gasteiger partial charge in [0.05, 0.1) is 0 Å². The molecule has 0 aromatic carbocycles. The first-order valence-corrected chi connectivity index (χ1v) is 4.02. The molecule has 0 heterocycles. The Kier molecular flexibility index (Phi) is 5.09. The highest BCUT2D eigenvalue weighted by Gasteiger charge is 1.92. The van der Waals surface area contributed by atoms with Crippen LogP contribution in [0.3, 0.4) is 0 Å². The van der Waals surface area contributed by atoms with Crippen LogP contribution in [0.5, 0.6) is 0 Å². The number of rotatable bonds is 4. The molecule has 0 saturated heterocycles. The summed E-state index contributed by atoms with van der Waals surface area (Å²) in [5.74, 6) is 0.210. The summed E-state index contributed by atoms with van der Waals surface area (Å²) < 4.78 is 0. The first-order valence-electron chi connectivity index (χ1n) is 4.02. The highest BCUT2D eigenvalue weighted by atomic mass is 16.1. The average Bonchev–Trinajstić information content (AvgIpc) is 1.84. The third kappa shape index (κ3) is 7.06. The van der Waals surface area contributed by atoms with Gasteiger partial charge in [-0.3, -0.25) is 4.79 Å². The molecule has 0 fully saturated rings. The lowest BCUT2D eigenvalue weighted by Gasteiger charge is -2.01. The standard InChI is InChI=1S/C10H17NO/c1-9(8-10(2)12)6-5-7-11(3)4/h5-7H,8H2,1-4H3. The van der Waals surface area contributed by atoms with E-state index in [2.05, 4.69) is 0 Å². The molecule has 0 aromatic heterocycles. The van der Waals surface area contributed by atoms with Gasteiger partial charge in [-0.15, -0.1) is 0 Å². The minimum absolute atomic E-state index is 0.210. The van der Waals surface area contributed by atoms with E-state index in [9.17, 15) is 4.79 Å². The van der Waals surface area contributed by atoms with Crippen LogP contribution in [-0.2, 0) is 4.79 Å². The summed E-state index contributed by atoms with van der Waals surface area (Å²) in [6, 6.07) is 0. The van der Waals surface area contributed by atoms with E-state index in [1.165, 1.54) is 0 Å². The zero-order valence-electron chi connectivity index (χ0n) is 8.29. The van der Waals surface area contributed by atoms with Gasteiger partial charge in [-0.05, 0) is 26.1 Å². The van der Waals surface area contributed by atoms with Crippen molar-refractivity contribution in [2.45, 2.75) is 20.3 Å². The molecule has 2 nitrogen and oxygen atoms in total. The Hall–Kier alpha value is -1.05. The van der Waals surface area contributed by atoms with Crippen molar-refractivity contribution >= 4 is 5.78 Å². The Morgan fingerprint density at radius 1 is 1.33 bits per heavy atom. The van der Waals surface area contributed by atoms with Gasteiger partial charge in [0, 0.05) is 20.5 Å². The third-order valence-corrected chi connectivity index (χ3v) is 1.29. The van der Waals surface area contributed by atoms with Crippen LogP contribution >= 0.6 is 0 Å². The quantitative estimate of drug-likeness (QED) is 0.597. The Morgan fingerprint density at radius 3 is 2.33 bits per heavy atom. The first kappa shape index (κ1) is 11.0. The molecule has 0 aliphatic heterocycles. The maximum atomic E-state index is 10.7. The van der Waals surface area contributed by atoms with Crippen LogP contribution in [0.15, 0.2) is 23.9 Å². The summed E-state index contributed by atoms with van der Waals surface area (Å²) in [5.41, 5.74) is 1.10. The molecule has 0 radical (unpaired) electrons. The zero-order chi connectivity index (χ0) is 9.56. The molecule has 0 unspecified atom stereocenters. The molecule has 12 heavy (non-hydrogen) atoms. The van der Waals surface area contributed by atoms with Crippen molar-refractivity contribution in [1.29, 1.82) is 0 Å². The molecule has 0 saturated carbocycles. The Morgan fingerprint density at radius 2 is 1.92 bits per heavy atom. The fourth-order valence-electron chi connectivity index (χ4n) is 0.831. The monoisotopic (exact) mass is 167 g/mol. The number of ketones is 1. The largest absolute Gasteiger partial charge is 0.383 e. The predicted octanol–water partition coefficient (Wildman–Crippen LogP) is 1.99. The van der Waals surface area contributed by atoms with E-state index in [0.717, 1.165) is 5.57 Å². The molecule has 0 amide bonds. The van der Waals surface area contributed by atoms with Crippen LogP contribution < -0.4 is 0 Å². The molecular formula is C10H17NO. The number of carbonyl (C=O) groups excluding carboxylic acids is 1. The molecule has 0 rings (SSSR count). The molecule has 0 spiro atoms. The fourth-order valence-corrected chi connectivity index (χ4v) is 0.831. The fraction of sp³-hybridized carbons (Fsp3) is 0.500. The van der Waals surface area contributed by atoms with Crippen molar-refractivity contribution in [1.82, 2.24) is 4.90 Å². The average molecular weight is 167 g/mol. The Balaban J connectivity index is 3.92. The van der Waals surface area contributed by atoms with Crippen LogP contribution in [0.25, 0.3) is 0 Å². The van der Waals surface area contributed by atoms with Gasteiger partial charge in [0.15, 0.2) is 0 Å². The minimum Gasteiger partial charge on any atom is -0.383 e. The number of hydrogen-bond acceptors (Lipinski definition) is 2. The summed E-state index contributed by atoms with van der Waals surface area (Å²) in [7, 11) is 3.93. The smallest absolute Gasteiger partial charge is 0.133 e. The van der Waals surface area contributed by atoms with E-state index < -0.39 is 0 Å². The molecule has 0 bridgehead atoms. The first-order chi connectivity index (χ1) is 5.52. The summed E-state index contributed by atoms with van der Waals surface area (Å²) >= 11 is 0. The Bertz CT molecular complexity index is 202. The number of carbonyl (C=O) groups is 1. The van der Waals surface area contributed by atoms with Gasteiger partial charge in [-0.1, -0.05) is 11.6 Å². The normalized spacial score (nSPS) is 12.2. The van der Waals surface area contributed by atoms with Crippen LogP contribution in [0, 0.1) is 0 Å². The van der Waals surface area contributed by atoms with Gasteiger partial charge in [0.1, 0.15) is 5.78 Å². The lowest BCUT2D eigenvalue weighted by Crippen LogP contribution is -1.99.